The number of hydrogen-bond donors (Lipinski definition) is 2. The molecule has 0 radical (unpaired) electrons. The van der Waals surface area contributed by atoms with Crippen molar-refractivity contribution < 1.29 is 29.1 Å². The van der Waals surface area contributed by atoms with Crippen LogP contribution in [0.25, 0.3) is 11.3 Å². The lowest BCUT2D eigenvalue weighted by molar-refractivity contribution is 0.0202. The van der Waals surface area contributed by atoms with Gasteiger partial charge in [-0.2, -0.15) is 0 Å². The molecule has 3 heterocycles. The first kappa shape index (κ1) is 25.2. The monoisotopic (exact) mass is 556 g/mol. The minimum atomic E-state index is -1.03. The molecule has 2 bridgehead atoms. The van der Waals surface area contributed by atoms with Crippen LogP contribution in [0.1, 0.15) is 76.5 Å². The molecule has 0 amide bonds. The van der Waals surface area contributed by atoms with Gasteiger partial charge in [-0.1, -0.05) is 34.4 Å². The number of esters is 1. The molecule has 0 spiro atoms. The summed E-state index contributed by atoms with van der Waals surface area (Å²) in [5.74, 6) is -0.869. The molecule has 3 aliphatic rings. The summed E-state index contributed by atoms with van der Waals surface area (Å²) in [4.78, 5) is 27.3. The van der Waals surface area contributed by atoms with Crippen LogP contribution in [0.4, 0.5) is 5.69 Å². The second-order valence-electron chi connectivity index (χ2n) is 10.2. The van der Waals surface area contributed by atoms with Crippen LogP contribution < -0.4 is 4.90 Å². The van der Waals surface area contributed by atoms with E-state index in [1.54, 1.807) is 30.3 Å². The zero-order valence-corrected chi connectivity index (χ0v) is 21.9. The smallest absolute Gasteiger partial charge is 0.344 e. The molecule has 10 heteroatoms. The van der Waals surface area contributed by atoms with Crippen molar-refractivity contribution in [3.05, 3.63) is 68.9 Å². The van der Waals surface area contributed by atoms with Gasteiger partial charge in [-0.05, 0) is 56.0 Å². The van der Waals surface area contributed by atoms with Gasteiger partial charge in [0.25, 0.3) is 0 Å². The number of halogens is 2. The molecule has 8 nitrogen and oxygen atoms in total. The fraction of sp³-hybridized carbons (Fsp3) is 0.393. The molecule has 38 heavy (non-hydrogen) atoms. The largest absolute Gasteiger partial charge is 0.478 e. The number of anilines is 1. The molecule has 3 fully saturated rings. The minimum Gasteiger partial charge on any atom is -0.478 e. The summed E-state index contributed by atoms with van der Waals surface area (Å²) in [7, 11) is 0. The van der Waals surface area contributed by atoms with Crippen molar-refractivity contribution in [1.82, 2.24) is 5.16 Å². The Balaban J connectivity index is 1.25. The number of nitrogens with zero attached hydrogens (tertiary/aromatic N) is 2. The molecular formula is C28H26Cl2N2O6. The van der Waals surface area contributed by atoms with Crippen LogP contribution >= 0.6 is 23.2 Å². The topological polar surface area (TPSA) is 113 Å². The number of piperidine rings is 1. The van der Waals surface area contributed by atoms with Gasteiger partial charge in [-0.3, -0.25) is 0 Å². The van der Waals surface area contributed by atoms with Crippen LogP contribution in [-0.4, -0.2) is 45.5 Å². The van der Waals surface area contributed by atoms with Crippen molar-refractivity contribution >= 4 is 40.8 Å². The summed E-state index contributed by atoms with van der Waals surface area (Å²) >= 11 is 12.9. The van der Waals surface area contributed by atoms with Crippen molar-refractivity contribution in [2.75, 3.05) is 4.90 Å². The van der Waals surface area contributed by atoms with Crippen LogP contribution in [-0.2, 0) is 11.3 Å². The van der Waals surface area contributed by atoms with Crippen LogP contribution in [0.3, 0.4) is 0 Å². The molecule has 3 atom stereocenters. The van der Waals surface area contributed by atoms with Crippen LogP contribution in [0, 0.1) is 0 Å². The van der Waals surface area contributed by atoms with E-state index in [9.17, 15) is 19.8 Å². The number of aliphatic hydroxyl groups excluding tert-OH is 1. The van der Waals surface area contributed by atoms with E-state index >= 15 is 0 Å². The number of aromatic carboxylic acids is 1. The Morgan fingerprint density at radius 2 is 1.74 bits per heavy atom. The van der Waals surface area contributed by atoms with Crippen LogP contribution in [0.2, 0.25) is 10.0 Å². The average molecular weight is 557 g/mol. The fourth-order valence-electron chi connectivity index (χ4n) is 5.94. The molecule has 2 aliphatic heterocycles. The summed E-state index contributed by atoms with van der Waals surface area (Å²) < 4.78 is 11.7. The highest BCUT2D eigenvalue weighted by molar-refractivity contribution is 6.39. The molecule has 6 rings (SSSR count). The number of rotatable bonds is 7. The van der Waals surface area contributed by atoms with E-state index in [0.717, 1.165) is 31.4 Å². The standard InChI is InChI=1S/C28H26Cl2N2O6/c29-20-2-1-3-21(30)23(20)25-24(26(38-31-25)14-4-5-14)28(36)37-19-11-17-7-8-18(12-19)32(17)22-9-6-15(27(34)35)10-16(22)13-33/h1-3,6,9-10,14,17-19,33H,4-5,7-8,11-13H2,(H,34,35)/t17-,18+,19+. The minimum absolute atomic E-state index is 0.107. The zero-order chi connectivity index (χ0) is 26.6. The lowest BCUT2D eigenvalue weighted by atomic mass is 9.96. The number of carbonyl (C=O) groups excluding carboxylic acids is 1. The SMILES string of the molecule is O=C(O)c1ccc(N2[C@@H]3CC[C@H]2C[C@@H](OC(=O)c2c(-c4c(Cl)cccc4Cl)noc2C2CC2)C3)c(CO)c1. The van der Waals surface area contributed by atoms with E-state index in [4.69, 9.17) is 32.5 Å². The third kappa shape index (κ3) is 4.44. The molecule has 0 unspecified atom stereocenters. The number of fused-ring (bicyclic) bond motifs is 2. The Labute approximate surface area is 229 Å². The predicted molar refractivity (Wildman–Crippen MR) is 141 cm³/mol. The summed E-state index contributed by atoms with van der Waals surface area (Å²) in [6, 6.07) is 10.2. The lowest BCUT2D eigenvalue weighted by Crippen LogP contribution is -2.46. The van der Waals surface area contributed by atoms with Crippen molar-refractivity contribution in [1.29, 1.82) is 0 Å². The molecule has 3 aromatic rings. The van der Waals surface area contributed by atoms with E-state index in [1.807, 2.05) is 0 Å². The van der Waals surface area contributed by atoms with Gasteiger partial charge >= 0.3 is 11.9 Å². The number of carboxylic acids is 1. The maximum atomic E-state index is 13.6. The van der Waals surface area contributed by atoms with Gasteiger partial charge in [-0.25, -0.2) is 9.59 Å². The highest BCUT2D eigenvalue weighted by Crippen LogP contribution is 2.47. The van der Waals surface area contributed by atoms with Crippen molar-refractivity contribution in [3.63, 3.8) is 0 Å². The summed E-state index contributed by atoms with van der Waals surface area (Å²) in [6.45, 7) is -0.254. The lowest BCUT2D eigenvalue weighted by Gasteiger charge is -2.41. The van der Waals surface area contributed by atoms with E-state index in [-0.39, 0.29) is 36.3 Å². The average Bonchev–Trinajstić information content (AvgIpc) is 3.59. The Bertz CT molecular complexity index is 1380. The number of hydrogen-bond acceptors (Lipinski definition) is 7. The number of benzene rings is 2. The number of aliphatic hydroxyl groups is 1. The summed E-state index contributed by atoms with van der Waals surface area (Å²) in [5, 5.41) is 24.2. The molecule has 1 aliphatic carbocycles. The first-order valence-corrected chi connectivity index (χ1v) is 13.5. The van der Waals surface area contributed by atoms with Crippen molar-refractivity contribution in [2.45, 2.75) is 69.2 Å². The van der Waals surface area contributed by atoms with Crippen molar-refractivity contribution in [2.24, 2.45) is 0 Å². The Morgan fingerprint density at radius 1 is 1.05 bits per heavy atom. The second-order valence-corrected chi connectivity index (χ2v) is 11.1. The number of carbonyl (C=O) groups is 2. The predicted octanol–water partition coefficient (Wildman–Crippen LogP) is 6.07. The van der Waals surface area contributed by atoms with Crippen molar-refractivity contribution in [3.8, 4) is 11.3 Å². The van der Waals surface area contributed by atoms with Gasteiger partial charge in [0.15, 0.2) is 5.76 Å². The Hall–Kier alpha value is -3.07. The van der Waals surface area contributed by atoms with E-state index in [2.05, 4.69) is 10.1 Å². The third-order valence-corrected chi connectivity index (χ3v) is 8.44. The first-order chi connectivity index (χ1) is 18.4. The Kier molecular flexibility index (Phi) is 6.58. The van der Waals surface area contributed by atoms with Gasteiger partial charge in [0.1, 0.15) is 17.4 Å². The van der Waals surface area contributed by atoms with Gasteiger partial charge in [0, 0.05) is 47.7 Å². The maximum absolute atomic E-state index is 13.6. The van der Waals surface area contributed by atoms with Gasteiger partial charge in [0.05, 0.1) is 22.2 Å². The number of aromatic nitrogens is 1. The van der Waals surface area contributed by atoms with Crippen LogP contribution in [0.5, 0.6) is 0 Å². The molecule has 198 valence electrons. The molecule has 2 saturated heterocycles. The normalized spacial score (nSPS) is 22.5. The molecule has 2 N–H and O–H groups in total. The highest BCUT2D eigenvalue weighted by atomic mass is 35.5. The van der Waals surface area contributed by atoms with E-state index in [0.29, 0.717) is 51.0 Å². The Morgan fingerprint density at radius 3 is 2.34 bits per heavy atom. The van der Waals surface area contributed by atoms with Crippen LogP contribution in [0.15, 0.2) is 40.9 Å². The number of carboxylic acid groups (broad SMARTS) is 1. The highest BCUT2D eigenvalue weighted by Gasteiger charge is 2.44. The quantitative estimate of drug-likeness (QED) is 0.337. The van der Waals surface area contributed by atoms with Gasteiger partial charge in [-0.15, -0.1) is 0 Å². The number of ether oxygens (including phenoxy) is 1. The van der Waals surface area contributed by atoms with E-state index < -0.39 is 11.9 Å². The first-order valence-electron chi connectivity index (χ1n) is 12.8. The molecular weight excluding hydrogens is 531 g/mol. The summed E-state index contributed by atoms with van der Waals surface area (Å²) in [6.07, 6.45) is 4.63. The molecule has 1 saturated carbocycles. The van der Waals surface area contributed by atoms with E-state index in [1.165, 1.54) is 6.07 Å². The zero-order valence-electron chi connectivity index (χ0n) is 20.4. The maximum Gasteiger partial charge on any atom is 0.344 e. The second kappa shape index (κ2) is 9.91. The van der Waals surface area contributed by atoms with Gasteiger partial charge in [0.2, 0.25) is 0 Å². The molecule has 2 aromatic carbocycles. The molecule has 1 aromatic heterocycles. The van der Waals surface area contributed by atoms with Gasteiger partial charge < -0.3 is 24.4 Å². The summed E-state index contributed by atoms with van der Waals surface area (Å²) in [5.41, 5.74) is 2.61. The fourth-order valence-corrected chi connectivity index (χ4v) is 6.52. The third-order valence-electron chi connectivity index (χ3n) is 7.81.